The Kier molecular flexibility index (Phi) is 3.24. The zero-order valence-corrected chi connectivity index (χ0v) is 11.3. The molecule has 0 heterocycles. The second-order valence-corrected chi connectivity index (χ2v) is 4.88. The number of amidine groups is 1. The Morgan fingerprint density at radius 3 is 2.00 bits per heavy atom. The van der Waals surface area contributed by atoms with E-state index in [1.165, 1.54) is 0 Å². The molecule has 3 aromatic rings. The molecule has 0 amide bonds. The number of fused-ring (bicyclic) bond motifs is 1. The van der Waals surface area contributed by atoms with Crippen LogP contribution in [0.1, 0.15) is 21.5 Å². The molecule has 0 aromatic heterocycles. The topological polar surface area (TPSA) is 66.9 Å². The number of carbonyl (C=O) groups is 1. The van der Waals surface area contributed by atoms with E-state index in [2.05, 4.69) is 0 Å². The number of benzene rings is 3. The van der Waals surface area contributed by atoms with Crippen LogP contribution in [0.5, 0.6) is 0 Å². The van der Waals surface area contributed by atoms with Crippen LogP contribution in [0.2, 0.25) is 0 Å². The van der Waals surface area contributed by atoms with Gasteiger partial charge in [0.25, 0.3) is 0 Å². The Hall–Kier alpha value is -2.94. The van der Waals surface area contributed by atoms with Crippen LogP contribution in [0.25, 0.3) is 10.8 Å². The van der Waals surface area contributed by atoms with E-state index in [4.69, 9.17) is 11.1 Å². The van der Waals surface area contributed by atoms with Crippen molar-refractivity contribution in [1.29, 1.82) is 5.41 Å². The fourth-order valence-corrected chi connectivity index (χ4v) is 2.30. The van der Waals surface area contributed by atoms with Gasteiger partial charge >= 0.3 is 0 Å². The van der Waals surface area contributed by atoms with Gasteiger partial charge in [0, 0.05) is 16.7 Å². The third-order valence-electron chi connectivity index (χ3n) is 3.47. The highest BCUT2D eigenvalue weighted by atomic mass is 16.1. The summed E-state index contributed by atoms with van der Waals surface area (Å²) < 4.78 is 0. The normalized spacial score (nSPS) is 10.5. The number of rotatable bonds is 3. The summed E-state index contributed by atoms with van der Waals surface area (Å²) in [6.07, 6.45) is 0. The predicted octanol–water partition coefficient (Wildman–Crippen LogP) is 3.35. The second kappa shape index (κ2) is 5.21. The first-order chi connectivity index (χ1) is 10.1. The summed E-state index contributed by atoms with van der Waals surface area (Å²) in [6.45, 7) is 0. The number of carbonyl (C=O) groups excluding carboxylic acids is 1. The molecule has 3 N–H and O–H groups in total. The summed E-state index contributed by atoms with van der Waals surface area (Å²) >= 11 is 0. The minimum absolute atomic E-state index is 0.000274. The maximum Gasteiger partial charge on any atom is 0.193 e. The van der Waals surface area contributed by atoms with Crippen LogP contribution >= 0.6 is 0 Å². The fraction of sp³-hybridized carbons (Fsp3) is 0. The number of ketones is 1. The van der Waals surface area contributed by atoms with E-state index in [0.29, 0.717) is 16.7 Å². The van der Waals surface area contributed by atoms with Crippen molar-refractivity contribution in [2.75, 3.05) is 0 Å². The van der Waals surface area contributed by atoms with E-state index in [1.54, 1.807) is 24.3 Å². The van der Waals surface area contributed by atoms with Crippen molar-refractivity contribution in [2.24, 2.45) is 5.73 Å². The van der Waals surface area contributed by atoms with Gasteiger partial charge in [-0.3, -0.25) is 10.2 Å². The van der Waals surface area contributed by atoms with Crippen LogP contribution in [0.4, 0.5) is 0 Å². The Morgan fingerprint density at radius 2 is 1.33 bits per heavy atom. The van der Waals surface area contributed by atoms with Gasteiger partial charge in [0.1, 0.15) is 5.84 Å². The van der Waals surface area contributed by atoms with Crippen LogP contribution in [-0.2, 0) is 0 Å². The number of nitrogens with two attached hydrogens (primary N) is 1. The Morgan fingerprint density at radius 1 is 0.762 bits per heavy atom. The van der Waals surface area contributed by atoms with Crippen molar-refractivity contribution in [3.63, 3.8) is 0 Å². The van der Waals surface area contributed by atoms with E-state index >= 15 is 0 Å². The molecule has 0 aliphatic heterocycles. The first-order valence-electron chi connectivity index (χ1n) is 6.63. The smallest absolute Gasteiger partial charge is 0.193 e. The predicted molar refractivity (Wildman–Crippen MR) is 84.8 cm³/mol. The Labute approximate surface area is 122 Å². The zero-order chi connectivity index (χ0) is 14.8. The lowest BCUT2D eigenvalue weighted by Gasteiger charge is -2.05. The third kappa shape index (κ3) is 2.54. The minimum atomic E-state index is -0.0316. The molecule has 0 bridgehead atoms. The standard InChI is InChI=1S/C18H14N2O/c19-18(20)14-8-6-13(7-9-14)17(21)16-10-5-12-3-1-2-4-15(12)11-16/h1-11H,(H3,19,20). The van der Waals surface area contributed by atoms with Crippen LogP contribution in [0.15, 0.2) is 66.7 Å². The van der Waals surface area contributed by atoms with Crippen molar-refractivity contribution in [3.8, 4) is 0 Å². The first kappa shape index (κ1) is 13.1. The van der Waals surface area contributed by atoms with Gasteiger partial charge in [-0.1, -0.05) is 60.7 Å². The molecule has 0 spiro atoms. The van der Waals surface area contributed by atoms with Gasteiger partial charge in [-0.2, -0.15) is 0 Å². The summed E-state index contributed by atoms with van der Waals surface area (Å²) in [5.74, 6) is -0.0319. The summed E-state index contributed by atoms with van der Waals surface area (Å²) in [7, 11) is 0. The second-order valence-electron chi connectivity index (χ2n) is 4.88. The lowest BCUT2D eigenvalue weighted by molar-refractivity contribution is 0.103. The molecule has 102 valence electrons. The monoisotopic (exact) mass is 274 g/mol. The average Bonchev–Trinajstić information content (AvgIpc) is 2.54. The molecule has 3 nitrogen and oxygen atoms in total. The molecular formula is C18H14N2O. The highest BCUT2D eigenvalue weighted by Gasteiger charge is 2.10. The van der Waals surface area contributed by atoms with Crippen LogP contribution < -0.4 is 5.73 Å². The molecular weight excluding hydrogens is 260 g/mol. The number of nitrogen functional groups attached to an aromatic ring is 1. The third-order valence-corrected chi connectivity index (χ3v) is 3.47. The average molecular weight is 274 g/mol. The molecule has 0 saturated heterocycles. The van der Waals surface area contributed by atoms with Gasteiger partial charge in [-0.25, -0.2) is 0 Å². The van der Waals surface area contributed by atoms with Crippen LogP contribution in [-0.4, -0.2) is 11.6 Å². The van der Waals surface area contributed by atoms with Crippen molar-refractivity contribution < 1.29 is 4.79 Å². The molecule has 0 fully saturated rings. The molecule has 0 aliphatic carbocycles. The largest absolute Gasteiger partial charge is 0.384 e. The van der Waals surface area contributed by atoms with Gasteiger partial charge in [0.05, 0.1) is 0 Å². The quantitative estimate of drug-likeness (QED) is 0.437. The first-order valence-corrected chi connectivity index (χ1v) is 6.63. The number of nitrogens with one attached hydrogen (secondary N) is 1. The summed E-state index contributed by atoms with van der Waals surface area (Å²) in [5.41, 5.74) is 7.28. The van der Waals surface area contributed by atoms with Crippen LogP contribution in [0.3, 0.4) is 0 Å². The Bertz CT molecular complexity index is 835. The highest BCUT2D eigenvalue weighted by Crippen LogP contribution is 2.18. The van der Waals surface area contributed by atoms with Gasteiger partial charge in [0.2, 0.25) is 0 Å². The molecule has 3 rings (SSSR count). The lowest BCUT2D eigenvalue weighted by Crippen LogP contribution is -2.11. The number of hydrogen-bond donors (Lipinski definition) is 2. The summed E-state index contributed by atoms with van der Waals surface area (Å²) in [6, 6.07) is 20.4. The molecule has 21 heavy (non-hydrogen) atoms. The van der Waals surface area contributed by atoms with E-state index in [9.17, 15) is 4.79 Å². The maximum atomic E-state index is 12.5. The zero-order valence-electron chi connectivity index (χ0n) is 11.3. The summed E-state index contributed by atoms with van der Waals surface area (Å²) in [4.78, 5) is 12.5. The van der Waals surface area contributed by atoms with Crippen molar-refractivity contribution in [2.45, 2.75) is 0 Å². The van der Waals surface area contributed by atoms with Gasteiger partial charge in [0.15, 0.2) is 5.78 Å². The van der Waals surface area contributed by atoms with Gasteiger partial charge < -0.3 is 5.73 Å². The number of hydrogen-bond acceptors (Lipinski definition) is 2. The van der Waals surface area contributed by atoms with E-state index in [0.717, 1.165) is 10.8 Å². The van der Waals surface area contributed by atoms with E-state index < -0.39 is 0 Å². The molecule has 0 saturated carbocycles. The van der Waals surface area contributed by atoms with Gasteiger partial charge in [-0.05, 0) is 16.8 Å². The summed E-state index contributed by atoms with van der Waals surface area (Å²) in [5, 5.41) is 9.52. The maximum absolute atomic E-state index is 12.5. The molecule has 3 aromatic carbocycles. The van der Waals surface area contributed by atoms with Gasteiger partial charge in [-0.15, -0.1) is 0 Å². The molecule has 0 aliphatic rings. The highest BCUT2D eigenvalue weighted by molar-refractivity contribution is 6.11. The van der Waals surface area contributed by atoms with E-state index in [-0.39, 0.29) is 11.6 Å². The lowest BCUT2D eigenvalue weighted by atomic mass is 9.99. The van der Waals surface area contributed by atoms with Crippen molar-refractivity contribution >= 4 is 22.4 Å². The minimum Gasteiger partial charge on any atom is -0.384 e. The molecule has 0 radical (unpaired) electrons. The van der Waals surface area contributed by atoms with E-state index in [1.807, 2.05) is 42.5 Å². The fourth-order valence-electron chi connectivity index (χ4n) is 2.30. The molecule has 0 unspecified atom stereocenters. The SMILES string of the molecule is N=C(N)c1ccc(C(=O)c2ccc3ccccc3c2)cc1. The Balaban J connectivity index is 1.97. The van der Waals surface area contributed by atoms with Crippen molar-refractivity contribution in [1.82, 2.24) is 0 Å². The molecule has 0 atom stereocenters. The van der Waals surface area contributed by atoms with Crippen molar-refractivity contribution in [3.05, 3.63) is 83.4 Å². The van der Waals surface area contributed by atoms with Crippen LogP contribution in [0, 0.1) is 5.41 Å². The molecule has 3 heteroatoms.